The van der Waals surface area contributed by atoms with E-state index in [9.17, 15) is 0 Å². The molecule has 2 heterocycles. The maximum atomic E-state index is 5.44. The second-order valence-corrected chi connectivity index (χ2v) is 22.1. The number of aromatic nitrogens is 4. The third kappa shape index (κ3) is 9.94. The van der Waals surface area contributed by atoms with Gasteiger partial charge in [-0.1, -0.05) is 273 Å². The van der Waals surface area contributed by atoms with Gasteiger partial charge in [0.1, 0.15) is 0 Å². The molecular formula is C81H58N4. The number of nitrogens with zero attached hydrogens (tertiary/aromatic N) is 4. The maximum absolute atomic E-state index is 5.44. The lowest BCUT2D eigenvalue weighted by Crippen LogP contribution is -2.07. The summed E-state index contributed by atoms with van der Waals surface area (Å²) in [5.74, 6) is 1.91. The van der Waals surface area contributed by atoms with E-state index in [0.29, 0.717) is 17.5 Å². The molecule has 11 aromatic carbocycles. The van der Waals surface area contributed by atoms with E-state index >= 15 is 0 Å². The Kier molecular flexibility index (Phi) is 13.5. The van der Waals surface area contributed by atoms with Crippen LogP contribution in [0.3, 0.4) is 0 Å². The van der Waals surface area contributed by atoms with E-state index in [4.69, 9.17) is 15.0 Å². The van der Waals surface area contributed by atoms with Crippen molar-refractivity contribution in [2.75, 3.05) is 0 Å². The van der Waals surface area contributed by atoms with Crippen molar-refractivity contribution in [1.82, 2.24) is 19.5 Å². The van der Waals surface area contributed by atoms with Crippen LogP contribution in [-0.4, -0.2) is 19.5 Å². The second-order valence-electron chi connectivity index (χ2n) is 22.1. The normalized spacial score (nSPS) is 13.8. The molecule has 2 aliphatic carbocycles. The zero-order valence-corrected chi connectivity index (χ0v) is 46.9. The van der Waals surface area contributed by atoms with Gasteiger partial charge in [-0.15, -0.1) is 0 Å². The smallest absolute Gasteiger partial charge is 0.164 e. The Balaban J connectivity index is 1.13. The Hall–Kier alpha value is -10.8. The second kappa shape index (κ2) is 22.5. The molecule has 2 aromatic heterocycles. The summed E-state index contributed by atoms with van der Waals surface area (Å²) in [6.45, 7) is 0. The van der Waals surface area contributed by atoms with Gasteiger partial charge in [0.2, 0.25) is 0 Å². The lowest BCUT2D eigenvalue weighted by molar-refractivity contribution is 0.856. The molecule has 15 rings (SSSR count). The average Bonchev–Trinajstić information content (AvgIpc) is 1.73. The van der Waals surface area contributed by atoms with Crippen molar-refractivity contribution < 1.29 is 0 Å². The molecule has 0 saturated carbocycles. The summed E-state index contributed by atoms with van der Waals surface area (Å²) in [4.78, 5) is 16.1. The Morgan fingerprint density at radius 2 is 0.729 bits per heavy atom. The molecule has 0 aliphatic heterocycles. The molecule has 4 nitrogen and oxygen atoms in total. The molecule has 4 heteroatoms. The monoisotopic (exact) mass is 1090 g/mol. The average molecular weight is 1090 g/mol. The molecule has 2 aliphatic rings. The molecule has 0 radical (unpaired) electrons. The lowest BCUT2D eigenvalue weighted by atomic mass is 9.86. The number of hydrogen-bond acceptors (Lipinski definition) is 3. The SMILES string of the molecule is C1=CCCC(c2cc(C3C=CC=CC3)c3c(c2)c2cc(-c4ccccc4)cc(-c4ccccc4)c2n3-c2c(-c3ccc(-c4ccccc4)cc3)cc(-c3nc(-c4ccccc4)nc(-c4ccccc4)n3)cc2-c2ccc(-c3ccccc3)cc2)=C1. The first kappa shape index (κ1) is 51.1. The van der Waals surface area contributed by atoms with Crippen LogP contribution < -0.4 is 0 Å². The fraction of sp³-hybridized carbons (Fsp3) is 0.0494. The van der Waals surface area contributed by atoms with Gasteiger partial charge in [0.25, 0.3) is 0 Å². The van der Waals surface area contributed by atoms with E-state index in [1.54, 1.807) is 0 Å². The summed E-state index contributed by atoms with van der Waals surface area (Å²) in [6, 6.07) is 96.7. The van der Waals surface area contributed by atoms with Gasteiger partial charge < -0.3 is 4.57 Å². The summed E-state index contributed by atoms with van der Waals surface area (Å²) in [7, 11) is 0. The van der Waals surface area contributed by atoms with Crippen LogP contribution in [0.5, 0.6) is 0 Å². The first-order valence-corrected chi connectivity index (χ1v) is 29.5. The van der Waals surface area contributed by atoms with Crippen LogP contribution in [0.1, 0.15) is 36.3 Å². The van der Waals surface area contributed by atoms with E-state index in [0.717, 1.165) is 103 Å². The Bertz CT molecular complexity index is 4550. The molecule has 0 saturated heterocycles. The Labute approximate surface area is 496 Å². The molecule has 0 fully saturated rings. The predicted molar refractivity (Wildman–Crippen MR) is 355 cm³/mol. The maximum Gasteiger partial charge on any atom is 0.164 e. The van der Waals surface area contributed by atoms with Crippen molar-refractivity contribution in [2.24, 2.45) is 0 Å². The summed E-state index contributed by atoms with van der Waals surface area (Å²) >= 11 is 0. The van der Waals surface area contributed by atoms with Crippen molar-refractivity contribution in [3.8, 4) is 107 Å². The third-order valence-corrected chi connectivity index (χ3v) is 16.8. The number of hydrogen-bond donors (Lipinski definition) is 0. The van der Waals surface area contributed by atoms with Crippen LogP contribution in [0.15, 0.2) is 309 Å². The minimum absolute atomic E-state index is 0.100. The molecule has 0 N–H and O–H groups in total. The fourth-order valence-electron chi connectivity index (χ4n) is 12.6. The van der Waals surface area contributed by atoms with Gasteiger partial charge in [0.15, 0.2) is 17.5 Å². The van der Waals surface area contributed by atoms with Gasteiger partial charge in [-0.3, -0.25) is 0 Å². The highest BCUT2D eigenvalue weighted by atomic mass is 15.0. The highest BCUT2D eigenvalue weighted by molar-refractivity contribution is 6.18. The number of benzene rings is 11. The van der Waals surface area contributed by atoms with E-state index in [-0.39, 0.29) is 5.92 Å². The van der Waals surface area contributed by atoms with Crippen LogP contribution in [0.25, 0.3) is 134 Å². The van der Waals surface area contributed by atoms with Gasteiger partial charge in [0, 0.05) is 50.1 Å². The van der Waals surface area contributed by atoms with Crippen molar-refractivity contribution >= 4 is 27.4 Å². The molecule has 0 amide bonds. The molecule has 1 atom stereocenters. The minimum atomic E-state index is 0.100. The topological polar surface area (TPSA) is 43.6 Å². The summed E-state index contributed by atoms with van der Waals surface area (Å²) in [6.07, 6.45) is 18.9. The highest BCUT2D eigenvalue weighted by Crippen LogP contribution is 2.50. The standard InChI is InChI=1S/C81H58N4/c1-9-25-55(26-10-1)59-41-45-63(46-42-59)72-53-69(81-83-79(65-37-21-7-22-38-65)82-80(84-81)66-39-23-8-24-40-66)54-73(64-47-43-60(44-48-64)56-27-11-2-12-28-56)76(72)85-77-70(61-33-17-5-18-34-61)49-67(57-29-13-3-14-30-57)51-74(77)75-52-68(58-31-15-4-16-32-58)50-71(78(75)85)62-35-19-6-20-36-62/h1-15,17-31,33-35,37-54,62H,16,32,36H2. The van der Waals surface area contributed by atoms with Gasteiger partial charge in [0.05, 0.1) is 16.7 Å². The lowest BCUT2D eigenvalue weighted by Gasteiger charge is -2.25. The molecule has 13 aromatic rings. The van der Waals surface area contributed by atoms with Crippen molar-refractivity contribution in [2.45, 2.75) is 25.2 Å². The highest BCUT2D eigenvalue weighted by Gasteiger charge is 2.29. The number of rotatable bonds is 12. The van der Waals surface area contributed by atoms with Crippen LogP contribution >= 0.6 is 0 Å². The molecule has 402 valence electrons. The van der Waals surface area contributed by atoms with Crippen LogP contribution in [0.2, 0.25) is 0 Å². The molecule has 1 unspecified atom stereocenters. The Morgan fingerprint density at radius 1 is 0.318 bits per heavy atom. The molecular weight excluding hydrogens is 1030 g/mol. The summed E-state index contributed by atoms with van der Waals surface area (Å²) in [5.41, 5.74) is 23.5. The van der Waals surface area contributed by atoms with Crippen molar-refractivity contribution in [3.05, 3.63) is 321 Å². The quantitative estimate of drug-likeness (QED) is 0.122. The number of allylic oxidation sites excluding steroid dienone is 8. The van der Waals surface area contributed by atoms with E-state index in [1.165, 1.54) is 44.1 Å². The van der Waals surface area contributed by atoms with Crippen molar-refractivity contribution in [1.29, 1.82) is 0 Å². The van der Waals surface area contributed by atoms with Crippen LogP contribution in [-0.2, 0) is 0 Å². The van der Waals surface area contributed by atoms with Crippen LogP contribution in [0, 0.1) is 0 Å². The summed E-state index contributed by atoms with van der Waals surface area (Å²) < 4.78 is 2.67. The minimum Gasteiger partial charge on any atom is -0.307 e. The fourth-order valence-corrected chi connectivity index (χ4v) is 12.6. The van der Waals surface area contributed by atoms with E-state index in [1.807, 2.05) is 36.4 Å². The zero-order valence-electron chi connectivity index (χ0n) is 46.9. The molecule has 85 heavy (non-hydrogen) atoms. The van der Waals surface area contributed by atoms with Crippen molar-refractivity contribution in [3.63, 3.8) is 0 Å². The third-order valence-electron chi connectivity index (χ3n) is 16.8. The van der Waals surface area contributed by atoms with Gasteiger partial charge in [-0.05, 0) is 122 Å². The van der Waals surface area contributed by atoms with E-state index < -0.39 is 0 Å². The first-order valence-electron chi connectivity index (χ1n) is 29.5. The molecule has 0 bridgehead atoms. The predicted octanol–water partition coefficient (Wildman–Crippen LogP) is 21.3. The van der Waals surface area contributed by atoms with Crippen LogP contribution in [0.4, 0.5) is 0 Å². The molecule has 0 spiro atoms. The van der Waals surface area contributed by atoms with E-state index in [2.05, 4.69) is 278 Å². The first-order chi connectivity index (χ1) is 42.1. The summed E-state index contributed by atoms with van der Waals surface area (Å²) in [5, 5.41) is 2.41. The zero-order chi connectivity index (χ0) is 56.5. The van der Waals surface area contributed by atoms with Gasteiger partial charge in [-0.25, -0.2) is 15.0 Å². The van der Waals surface area contributed by atoms with Gasteiger partial charge in [-0.2, -0.15) is 0 Å². The number of fused-ring (bicyclic) bond motifs is 3. The Morgan fingerprint density at radius 3 is 1.21 bits per heavy atom. The van der Waals surface area contributed by atoms with Gasteiger partial charge >= 0.3 is 0 Å². The largest absolute Gasteiger partial charge is 0.307 e.